The number of hydrogen-bond acceptors (Lipinski definition) is 3. The zero-order valence-corrected chi connectivity index (χ0v) is 11.7. The van der Waals surface area contributed by atoms with Crippen molar-refractivity contribution in [2.24, 2.45) is 0 Å². The van der Waals surface area contributed by atoms with Crippen LogP contribution in [0.1, 0.15) is 47.8 Å². The maximum Gasteiger partial charge on any atom is 0.280 e. The van der Waals surface area contributed by atoms with E-state index in [-0.39, 0.29) is 18.0 Å². The molecule has 1 heterocycles. The average molecular weight is 293 g/mol. The molecular weight excluding hydrogens is 276 g/mol. The number of anilines is 1. The molecule has 112 valence electrons. The van der Waals surface area contributed by atoms with Crippen LogP contribution in [-0.2, 0) is 6.54 Å². The molecule has 0 aliphatic carbocycles. The summed E-state index contributed by atoms with van der Waals surface area (Å²) in [6.45, 7) is 2.21. The number of rotatable bonds is 7. The van der Waals surface area contributed by atoms with Gasteiger partial charge in [-0.25, -0.2) is 8.78 Å². The van der Waals surface area contributed by atoms with E-state index in [0.29, 0.717) is 17.5 Å². The number of H-pyrrole nitrogens is 1. The van der Waals surface area contributed by atoms with Crippen LogP contribution >= 0.6 is 0 Å². The molecule has 6 heteroatoms. The molecular formula is C15H17F2N3O. The fourth-order valence-corrected chi connectivity index (χ4v) is 1.99. The Labute approximate surface area is 121 Å². The van der Waals surface area contributed by atoms with Crippen molar-refractivity contribution in [3.63, 3.8) is 0 Å². The van der Waals surface area contributed by atoms with E-state index in [1.54, 1.807) is 24.3 Å². The average Bonchev–Trinajstić information content (AvgIpc) is 2.94. The van der Waals surface area contributed by atoms with Crippen LogP contribution in [0.4, 0.5) is 14.5 Å². The molecule has 1 aromatic heterocycles. The molecule has 2 rings (SSSR count). The second kappa shape index (κ2) is 6.97. The highest BCUT2D eigenvalue weighted by atomic mass is 19.3. The normalized spacial score (nSPS) is 10.9. The largest absolute Gasteiger partial charge is 0.381 e. The first-order valence-corrected chi connectivity index (χ1v) is 6.79. The summed E-state index contributed by atoms with van der Waals surface area (Å²) in [5.41, 5.74) is 1.69. The van der Waals surface area contributed by atoms with Gasteiger partial charge in [0.15, 0.2) is 5.78 Å². The van der Waals surface area contributed by atoms with Crippen LogP contribution in [0.2, 0.25) is 0 Å². The van der Waals surface area contributed by atoms with Gasteiger partial charge in [-0.1, -0.05) is 6.92 Å². The number of carbonyl (C=O) groups excluding carboxylic acids is 1. The molecule has 4 nitrogen and oxygen atoms in total. The van der Waals surface area contributed by atoms with Crippen LogP contribution in [-0.4, -0.2) is 16.0 Å². The highest BCUT2D eigenvalue weighted by Crippen LogP contribution is 2.21. The third kappa shape index (κ3) is 3.87. The second-order valence-corrected chi connectivity index (χ2v) is 4.71. The van der Waals surface area contributed by atoms with Gasteiger partial charge in [-0.05, 0) is 30.7 Å². The molecule has 0 spiro atoms. The van der Waals surface area contributed by atoms with Crippen molar-refractivity contribution in [3.05, 3.63) is 47.3 Å². The number of aromatic amines is 1. The summed E-state index contributed by atoms with van der Waals surface area (Å²) in [4.78, 5) is 11.7. The smallest absolute Gasteiger partial charge is 0.280 e. The Morgan fingerprint density at radius 1 is 1.33 bits per heavy atom. The number of ketones is 1. The third-order valence-electron chi connectivity index (χ3n) is 3.14. The van der Waals surface area contributed by atoms with Crippen LogP contribution < -0.4 is 5.32 Å². The molecule has 2 aromatic rings. The van der Waals surface area contributed by atoms with Gasteiger partial charge >= 0.3 is 0 Å². The van der Waals surface area contributed by atoms with Crippen molar-refractivity contribution in [1.29, 1.82) is 0 Å². The van der Waals surface area contributed by atoms with Crippen LogP contribution in [0.3, 0.4) is 0 Å². The molecule has 21 heavy (non-hydrogen) atoms. The van der Waals surface area contributed by atoms with E-state index in [0.717, 1.165) is 12.1 Å². The van der Waals surface area contributed by atoms with Crippen molar-refractivity contribution < 1.29 is 13.6 Å². The van der Waals surface area contributed by atoms with Gasteiger partial charge in [-0.2, -0.15) is 5.10 Å². The van der Waals surface area contributed by atoms with Gasteiger partial charge in [0, 0.05) is 29.8 Å². The molecule has 0 aliphatic heterocycles. The van der Waals surface area contributed by atoms with Crippen LogP contribution in [0.5, 0.6) is 0 Å². The highest BCUT2D eigenvalue weighted by Gasteiger charge is 2.14. The Morgan fingerprint density at radius 2 is 2.05 bits per heavy atom. The van der Waals surface area contributed by atoms with Crippen LogP contribution in [0, 0.1) is 0 Å². The summed E-state index contributed by atoms with van der Waals surface area (Å²) in [7, 11) is 0. The fourth-order valence-electron chi connectivity index (χ4n) is 1.99. The first-order valence-electron chi connectivity index (χ1n) is 6.79. The Balaban J connectivity index is 1.97. The fraction of sp³-hybridized carbons (Fsp3) is 0.333. The minimum atomic E-state index is -2.57. The van der Waals surface area contributed by atoms with E-state index < -0.39 is 6.43 Å². The molecule has 0 unspecified atom stereocenters. The lowest BCUT2D eigenvalue weighted by Gasteiger charge is -2.07. The zero-order valence-electron chi connectivity index (χ0n) is 11.7. The van der Waals surface area contributed by atoms with Gasteiger partial charge in [0.1, 0.15) is 5.69 Å². The molecule has 0 saturated heterocycles. The number of alkyl halides is 2. The minimum absolute atomic E-state index is 0.110. The summed E-state index contributed by atoms with van der Waals surface area (Å²) in [6.07, 6.45) is 0.154. The standard InChI is InChI=1S/C15H17F2N3O/c1-2-3-13(21)10-4-6-12(7-5-10)18-8-11-9-19-20-14(11)15(16)17/h4-7,9,15,18H,2-3,8H2,1H3,(H,19,20). The number of hydrogen-bond donors (Lipinski definition) is 2. The molecule has 2 N–H and O–H groups in total. The van der Waals surface area contributed by atoms with E-state index in [4.69, 9.17) is 0 Å². The van der Waals surface area contributed by atoms with Crippen molar-refractivity contribution in [2.45, 2.75) is 32.7 Å². The van der Waals surface area contributed by atoms with Gasteiger partial charge in [-0.15, -0.1) is 0 Å². The first kappa shape index (κ1) is 15.2. The van der Waals surface area contributed by atoms with Gasteiger partial charge in [0.2, 0.25) is 0 Å². The van der Waals surface area contributed by atoms with E-state index in [9.17, 15) is 13.6 Å². The lowest BCUT2D eigenvalue weighted by molar-refractivity contribution is 0.0981. The summed E-state index contributed by atoms with van der Waals surface area (Å²) in [6, 6.07) is 7.02. The molecule has 0 saturated carbocycles. The quantitative estimate of drug-likeness (QED) is 0.760. The van der Waals surface area contributed by atoms with Gasteiger partial charge < -0.3 is 5.32 Å². The lowest BCUT2D eigenvalue weighted by atomic mass is 10.1. The van der Waals surface area contributed by atoms with Gasteiger partial charge in [-0.3, -0.25) is 9.89 Å². The first-order chi connectivity index (χ1) is 10.1. The molecule has 0 amide bonds. The van der Waals surface area contributed by atoms with Crippen molar-refractivity contribution in [3.8, 4) is 0 Å². The molecule has 0 radical (unpaired) electrons. The Morgan fingerprint density at radius 3 is 2.67 bits per heavy atom. The predicted molar refractivity (Wildman–Crippen MR) is 76.6 cm³/mol. The van der Waals surface area contributed by atoms with Crippen LogP contribution in [0.15, 0.2) is 30.5 Å². The monoisotopic (exact) mass is 293 g/mol. The molecule has 0 atom stereocenters. The van der Waals surface area contributed by atoms with E-state index in [1.807, 2.05) is 6.92 Å². The summed E-state index contributed by atoms with van der Waals surface area (Å²) >= 11 is 0. The topological polar surface area (TPSA) is 57.8 Å². The SMILES string of the molecule is CCCC(=O)c1ccc(NCc2cn[nH]c2C(F)F)cc1. The molecule has 1 aromatic carbocycles. The number of nitrogens with one attached hydrogen (secondary N) is 2. The molecule has 0 fully saturated rings. The van der Waals surface area contributed by atoms with E-state index in [2.05, 4.69) is 15.5 Å². The van der Waals surface area contributed by atoms with Gasteiger partial charge in [0.25, 0.3) is 6.43 Å². The number of aromatic nitrogens is 2. The Bertz CT molecular complexity index is 593. The molecule has 0 bridgehead atoms. The maximum absolute atomic E-state index is 12.7. The minimum Gasteiger partial charge on any atom is -0.381 e. The van der Waals surface area contributed by atoms with Crippen molar-refractivity contribution >= 4 is 11.5 Å². The Hall–Kier alpha value is -2.24. The van der Waals surface area contributed by atoms with E-state index in [1.165, 1.54) is 6.20 Å². The predicted octanol–water partition coefficient (Wildman–Crippen LogP) is 3.94. The zero-order chi connectivity index (χ0) is 15.2. The number of nitrogens with zero attached hydrogens (tertiary/aromatic N) is 1. The summed E-state index contributed by atoms with van der Waals surface area (Å²) in [5, 5.41) is 8.95. The van der Waals surface area contributed by atoms with Crippen molar-refractivity contribution in [2.75, 3.05) is 5.32 Å². The number of benzene rings is 1. The lowest BCUT2D eigenvalue weighted by Crippen LogP contribution is -2.03. The number of halogens is 2. The third-order valence-corrected chi connectivity index (χ3v) is 3.14. The maximum atomic E-state index is 12.7. The molecule has 0 aliphatic rings. The highest BCUT2D eigenvalue weighted by molar-refractivity contribution is 5.96. The van der Waals surface area contributed by atoms with E-state index >= 15 is 0 Å². The van der Waals surface area contributed by atoms with Crippen LogP contribution in [0.25, 0.3) is 0 Å². The van der Waals surface area contributed by atoms with Crippen molar-refractivity contribution in [1.82, 2.24) is 10.2 Å². The summed E-state index contributed by atoms with van der Waals surface area (Å²) in [5.74, 6) is 0.110. The second-order valence-electron chi connectivity index (χ2n) is 4.71. The number of carbonyl (C=O) groups is 1. The van der Waals surface area contributed by atoms with Gasteiger partial charge in [0.05, 0.1) is 6.20 Å². The number of Topliss-reactive ketones (excluding diaryl/α,β-unsaturated/α-hetero) is 1. The summed E-state index contributed by atoms with van der Waals surface area (Å²) < 4.78 is 25.3. The Kier molecular flexibility index (Phi) is 5.03.